The SMILES string of the molecule is O=C(NC1CCSC1=O)c1cnc(NNC(=S)N[C@@H]2c3ccccc3CC[C@H]2c2ccccc2)c(Cl)c1. The summed E-state index contributed by atoms with van der Waals surface area (Å²) in [5, 5.41) is 6.85. The van der Waals surface area contributed by atoms with Gasteiger partial charge in [-0.2, -0.15) is 0 Å². The first-order chi connectivity index (χ1) is 18.0. The molecule has 1 unspecified atom stereocenters. The first-order valence-electron chi connectivity index (χ1n) is 12.1. The van der Waals surface area contributed by atoms with E-state index in [-0.39, 0.29) is 33.6 Å². The number of amides is 1. The van der Waals surface area contributed by atoms with Gasteiger partial charge in [0.2, 0.25) is 5.12 Å². The van der Waals surface area contributed by atoms with E-state index in [0.29, 0.717) is 23.1 Å². The fourth-order valence-corrected chi connectivity index (χ4v) is 6.14. The average molecular weight is 552 g/mol. The number of carbonyl (C=O) groups is 2. The molecule has 2 aliphatic rings. The summed E-state index contributed by atoms with van der Waals surface area (Å²) in [6.45, 7) is 0. The number of aromatic nitrogens is 1. The molecule has 7 nitrogen and oxygen atoms in total. The summed E-state index contributed by atoms with van der Waals surface area (Å²) in [5.74, 6) is 0.929. The summed E-state index contributed by atoms with van der Waals surface area (Å²) in [4.78, 5) is 28.6. The molecule has 2 aromatic carbocycles. The molecule has 1 aliphatic heterocycles. The zero-order chi connectivity index (χ0) is 25.8. The Bertz CT molecular complexity index is 1320. The number of pyridine rings is 1. The molecule has 0 radical (unpaired) electrons. The number of benzene rings is 2. The second-order valence-corrected chi connectivity index (χ2v) is 10.9. The predicted molar refractivity (Wildman–Crippen MR) is 152 cm³/mol. The lowest BCUT2D eigenvalue weighted by Crippen LogP contribution is -2.43. The van der Waals surface area contributed by atoms with Crippen LogP contribution in [0.1, 0.15) is 51.8 Å². The molecule has 37 heavy (non-hydrogen) atoms. The van der Waals surface area contributed by atoms with Gasteiger partial charge in [-0.25, -0.2) is 4.98 Å². The maximum atomic E-state index is 12.5. The number of hydrazine groups is 1. The third kappa shape index (κ3) is 5.89. The molecule has 1 saturated heterocycles. The maximum absolute atomic E-state index is 12.5. The number of hydrogen-bond donors (Lipinski definition) is 4. The molecule has 190 valence electrons. The van der Waals surface area contributed by atoms with Crippen LogP contribution < -0.4 is 21.5 Å². The molecule has 10 heteroatoms. The Morgan fingerprint density at radius 3 is 2.59 bits per heavy atom. The van der Waals surface area contributed by atoms with E-state index in [2.05, 4.69) is 75.0 Å². The fourth-order valence-electron chi connectivity index (χ4n) is 4.81. The third-order valence-electron chi connectivity index (χ3n) is 6.67. The number of halogens is 1. The Balaban J connectivity index is 1.24. The van der Waals surface area contributed by atoms with Crippen molar-refractivity contribution in [3.8, 4) is 0 Å². The summed E-state index contributed by atoms with van der Waals surface area (Å²) in [6, 6.07) is 20.0. The quantitative estimate of drug-likeness (QED) is 0.257. The molecule has 1 amide bonds. The van der Waals surface area contributed by atoms with E-state index in [1.165, 1.54) is 40.7 Å². The topological polar surface area (TPSA) is 95.2 Å². The van der Waals surface area contributed by atoms with Crippen molar-refractivity contribution in [2.75, 3.05) is 11.2 Å². The molecule has 1 aromatic heterocycles. The molecular weight excluding hydrogens is 526 g/mol. The van der Waals surface area contributed by atoms with E-state index in [9.17, 15) is 9.59 Å². The number of hydrogen-bond acceptors (Lipinski definition) is 6. The molecule has 1 fully saturated rings. The Labute approximate surface area is 230 Å². The largest absolute Gasteiger partial charge is 0.354 e. The molecule has 3 aromatic rings. The normalized spacial score (nSPS) is 20.6. The standard InChI is InChI=1S/C27H26ClN5O2S2/c28-21-14-18(25(34)30-22-12-13-37-26(22)35)15-29-24(21)32-33-27(36)31-23-19-9-5-4-8-17(19)10-11-20(23)16-6-2-1-3-7-16/h1-9,14-15,20,22-23H,10-13H2,(H,29,32)(H,30,34)(H2,31,33,36)/t20-,22?,23+/m0/s1. The van der Waals surface area contributed by atoms with Crippen LogP contribution in [-0.2, 0) is 11.2 Å². The van der Waals surface area contributed by atoms with Gasteiger partial charge in [0, 0.05) is 17.9 Å². The highest BCUT2D eigenvalue weighted by molar-refractivity contribution is 8.14. The Kier molecular flexibility index (Phi) is 7.93. The first kappa shape index (κ1) is 25.5. The van der Waals surface area contributed by atoms with Gasteiger partial charge in [0.25, 0.3) is 5.91 Å². The molecule has 5 rings (SSSR count). The molecule has 3 atom stereocenters. The number of rotatable bonds is 6. The van der Waals surface area contributed by atoms with Crippen LogP contribution in [0.5, 0.6) is 0 Å². The van der Waals surface area contributed by atoms with Crippen molar-refractivity contribution in [2.45, 2.75) is 37.3 Å². The number of thioether (sulfide) groups is 1. The molecular formula is C27H26ClN5O2S2. The van der Waals surface area contributed by atoms with E-state index < -0.39 is 6.04 Å². The van der Waals surface area contributed by atoms with Gasteiger partial charge in [0.05, 0.1) is 22.7 Å². The number of carbonyl (C=O) groups excluding carboxylic acids is 2. The van der Waals surface area contributed by atoms with E-state index >= 15 is 0 Å². The number of nitrogens with zero attached hydrogens (tertiary/aromatic N) is 1. The van der Waals surface area contributed by atoms with Gasteiger partial charge >= 0.3 is 0 Å². The van der Waals surface area contributed by atoms with E-state index in [0.717, 1.165) is 12.8 Å². The van der Waals surface area contributed by atoms with Crippen LogP contribution >= 0.6 is 35.6 Å². The van der Waals surface area contributed by atoms with Gasteiger partial charge in [-0.3, -0.25) is 20.4 Å². The van der Waals surface area contributed by atoms with Crippen molar-refractivity contribution >= 4 is 57.5 Å². The average Bonchev–Trinajstić information content (AvgIpc) is 3.32. The molecule has 0 spiro atoms. The lowest BCUT2D eigenvalue weighted by molar-refractivity contribution is -0.112. The second kappa shape index (κ2) is 11.5. The van der Waals surface area contributed by atoms with Crippen molar-refractivity contribution < 1.29 is 9.59 Å². The second-order valence-electron chi connectivity index (χ2n) is 8.99. The van der Waals surface area contributed by atoms with E-state index in [1.807, 2.05) is 6.07 Å². The van der Waals surface area contributed by atoms with Gasteiger partial charge in [0.1, 0.15) is 0 Å². The monoisotopic (exact) mass is 551 g/mol. The minimum atomic E-state index is -0.469. The van der Waals surface area contributed by atoms with Crippen molar-refractivity contribution in [1.82, 2.24) is 21.0 Å². The van der Waals surface area contributed by atoms with Gasteiger partial charge in [-0.05, 0) is 54.2 Å². The Morgan fingerprint density at radius 2 is 1.84 bits per heavy atom. The number of aryl methyl sites for hydroxylation is 1. The van der Waals surface area contributed by atoms with Gasteiger partial charge < -0.3 is 10.6 Å². The summed E-state index contributed by atoms with van der Waals surface area (Å²) in [7, 11) is 0. The van der Waals surface area contributed by atoms with Gasteiger partial charge in [-0.1, -0.05) is 78.0 Å². The smallest absolute Gasteiger partial charge is 0.253 e. The molecule has 2 heterocycles. The zero-order valence-corrected chi connectivity index (χ0v) is 22.3. The van der Waals surface area contributed by atoms with Crippen molar-refractivity contribution in [1.29, 1.82) is 0 Å². The zero-order valence-electron chi connectivity index (χ0n) is 19.9. The minimum absolute atomic E-state index is 0.000106. The molecule has 4 N–H and O–H groups in total. The highest BCUT2D eigenvalue weighted by Crippen LogP contribution is 2.40. The fraction of sp³-hybridized carbons (Fsp3) is 0.259. The lowest BCUT2D eigenvalue weighted by atomic mass is 9.76. The lowest BCUT2D eigenvalue weighted by Gasteiger charge is -2.35. The Hall–Kier alpha value is -3.14. The van der Waals surface area contributed by atoms with E-state index in [4.69, 9.17) is 23.8 Å². The van der Waals surface area contributed by atoms with Crippen LogP contribution in [0, 0.1) is 0 Å². The van der Waals surface area contributed by atoms with Crippen LogP contribution in [0.4, 0.5) is 5.82 Å². The molecule has 1 aliphatic carbocycles. The van der Waals surface area contributed by atoms with Gasteiger partial charge in [0.15, 0.2) is 10.9 Å². The molecule has 0 bridgehead atoms. The summed E-state index contributed by atoms with van der Waals surface area (Å²) in [5.41, 5.74) is 10.0. The number of thiocarbonyl (C=S) groups is 1. The Morgan fingerprint density at radius 1 is 1.05 bits per heavy atom. The molecule has 0 saturated carbocycles. The summed E-state index contributed by atoms with van der Waals surface area (Å²) in [6.07, 6.45) is 4.06. The van der Waals surface area contributed by atoms with Crippen LogP contribution in [-0.4, -0.2) is 32.9 Å². The first-order valence-corrected chi connectivity index (χ1v) is 13.8. The summed E-state index contributed by atoms with van der Waals surface area (Å²) >= 11 is 13.2. The predicted octanol–water partition coefficient (Wildman–Crippen LogP) is 4.76. The van der Waals surface area contributed by atoms with Crippen molar-refractivity contribution in [3.05, 3.63) is 94.1 Å². The van der Waals surface area contributed by atoms with Crippen molar-refractivity contribution in [2.24, 2.45) is 0 Å². The van der Waals surface area contributed by atoms with Crippen molar-refractivity contribution in [3.63, 3.8) is 0 Å². The van der Waals surface area contributed by atoms with Crippen LogP contribution in [0.25, 0.3) is 0 Å². The van der Waals surface area contributed by atoms with E-state index in [1.54, 1.807) is 0 Å². The number of fused-ring (bicyclic) bond motifs is 1. The highest BCUT2D eigenvalue weighted by atomic mass is 35.5. The third-order valence-corrected chi connectivity index (χ3v) is 8.19. The number of anilines is 1. The van der Waals surface area contributed by atoms with Crippen LogP contribution in [0.2, 0.25) is 5.02 Å². The number of nitrogens with one attached hydrogen (secondary N) is 4. The summed E-state index contributed by atoms with van der Waals surface area (Å²) < 4.78 is 0. The highest BCUT2D eigenvalue weighted by Gasteiger charge is 2.31. The minimum Gasteiger partial charge on any atom is -0.354 e. The van der Waals surface area contributed by atoms with Gasteiger partial charge in [-0.15, -0.1) is 0 Å². The van der Waals surface area contributed by atoms with Crippen LogP contribution in [0.15, 0.2) is 66.9 Å². The van der Waals surface area contributed by atoms with Crippen LogP contribution in [0.3, 0.4) is 0 Å². The maximum Gasteiger partial charge on any atom is 0.253 e.